The number of aliphatic hydroxyl groups excluding tert-OH is 3. The third-order valence-electron chi connectivity index (χ3n) is 4.65. The van der Waals surface area contributed by atoms with Gasteiger partial charge in [-0.25, -0.2) is 4.79 Å². The number of fused-ring (bicyclic) bond motifs is 2. The average Bonchev–Trinajstić information content (AvgIpc) is 2.60. The minimum atomic E-state index is -2.14. The Hall–Kier alpha value is -1.75. The molecular formula is C17H27NO9. The molecule has 0 saturated carbocycles. The molecule has 2 saturated heterocycles. The van der Waals surface area contributed by atoms with Gasteiger partial charge in [0.1, 0.15) is 12.2 Å². The van der Waals surface area contributed by atoms with Gasteiger partial charge in [0, 0.05) is 13.3 Å². The fourth-order valence-corrected chi connectivity index (χ4v) is 3.32. The van der Waals surface area contributed by atoms with E-state index >= 15 is 0 Å². The van der Waals surface area contributed by atoms with Gasteiger partial charge in [0.25, 0.3) is 0 Å². The molecule has 0 unspecified atom stereocenters. The van der Waals surface area contributed by atoms with Crippen LogP contribution in [0.4, 0.5) is 0 Å². The fourth-order valence-electron chi connectivity index (χ4n) is 3.32. The lowest BCUT2D eigenvalue weighted by atomic mass is 9.86. The highest BCUT2D eigenvalue weighted by molar-refractivity contribution is 5.83. The Morgan fingerprint density at radius 3 is 2.70 bits per heavy atom. The molecule has 2 aliphatic heterocycles. The molecule has 4 N–H and O–H groups in total. The van der Waals surface area contributed by atoms with Crippen molar-refractivity contribution in [2.45, 2.75) is 82.2 Å². The minimum Gasteiger partial charge on any atom is -0.452 e. The molecule has 2 rings (SSSR count). The summed E-state index contributed by atoms with van der Waals surface area (Å²) in [4.78, 5) is 36.0. The maximum atomic E-state index is 12.5. The molecule has 27 heavy (non-hydrogen) atoms. The number of hydrogen-bond donors (Lipinski definition) is 4. The van der Waals surface area contributed by atoms with Crippen molar-refractivity contribution in [1.29, 1.82) is 0 Å². The van der Waals surface area contributed by atoms with Crippen LogP contribution in [0.1, 0.15) is 46.0 Å². The third-order valence-corrected chi connectivity index (χ3v) is 4.65. The molecule has 0 aliphatic carbocycles. The highest BCUT2D eigenvalue weighted by Crippen LogP contribution is 2.39. The van der Waals surface area contributed by atoms with Crippen molar-refractivity contribution in [2.24, 2.45) is 0 Å². The van der Waals surface area contributed by atoms with Crippen molar-refractivity contribution in [3.05, 3.63) is 0 Å². The standard InChI is InChI=1S/C17H27NO9/c1-3-4-5-6-12(23)26-17-7-10(21)13(18-9(2)20)15(27-17)14(11(22)8-19)25-16(17)24/h10-11,13-15,19,21-22H,3-8H2,1-2H3,(H,18,20)/t10-,11+,13+,14+,15-,17-/m0/s1. The van der Waals surface area contributed by atoms with E-state index in [0.29, 0.717) is 6.42 Å². The van der Waals surface area contributed by atoms with E-state index < -0.39 is 67.1 Å². The number of unbranched alkanes of at least 4 members (excludes halogenated alkanes) is 2. The monoisotopic (exact) mass is 389 g/mol. The van der Waals surface area contributed by atoms with E-state index in [1.54, 1.807) is 0 Å². The zero-order valence-electron chi connectivity index (χ0n) is 15.4. The lowest BCUT2D eigenvalue weighted by molar-refractivity contribution is -0.333. The zero-order valence-corrected chi connectivity index (χ0v) is 15.4. The Balaban J connectivity index is 2.23. The quantitative estimate of drug-likeness (QED) is 0.294. The van der Waals surface area contributed by atoms with Gasteiger partial charge in [0.15, 0.2) is 6.10 Å². The molecule has 2 aliphatic rings. The summed E-state index contributed by atoms with van der Waals surface area (Å²) in [7, 11) is 0. The van der Waals surface area contributed by atoms with Crippen LogP contribution in [0.15, 0.2) is 0 Å². The summed E-state index contributed by atoms with van der Waals surface area (Å²) in [6.07, 6.45) is -3.41. The van der Waals surface area contributed by atoms with Crippen molar-refractivity contribution in [3.8, 4) is 0 Å². The number of cyclic esters (lactones) is 1. The molecule has 2 bridgehead atoms. The van der Waals surface area contributed by atoms with Crippen molar-refractivity contribution in [1.82, 2.24) is 5.32 Å². The van der Waals surface area contributed by atoms with Gasteiger partial charge in [-0.3, -0.25) is 9.59 Å². The molecule has 10 nitrogen and oxygen atoms in total. The first-order valence-electron chi connectivity index (χ1n) is 9.09. The second-order valence-electron chi connectivity index (χ2n) is 6.88. The van der Waals surface area contributed by atoms with Gasteiger partial charge in [0.05, 0.1) is 25.2 Å². The second kappa shape index (κ2) is 8.96. The van der Waals surface area contributed by atoms with Gasteiger partial charge in [-0.1, -0.05) is 19.8 Å². The van der Waals surface area contributed by atoms with Crippen LogP contribution in [0.5, 0.6) is 0 Å². The SMILES string of the molecule is CCCCCC(=O)O[C@@]12C[C@H](O)[C@@H](NC(C)=O)[C@H](O1)[C@@H]([C@H](O)CO)OC2=O. The van der Waals surface area contributed by atoms with Crippen molar-refractivity contribution in [2.75, 3.05) is 6.61 Å². The van der Waals surface area contributed by atoms with E-state index in [9.17, 15) is 29.7 Å². The predicted octanol–water partition coefficient (Wildman–Crippen LogP) is -1.26. The van der Waals surface area contributed by atoms with Crippen molar-refractivity contribution in [3.63, 3.8) is 0 Å². The molecule has 2 heterocycles. The molecule has 1 amide bonds. The molecule has 6 atom stereocenters. The molecule has 154 valence electrons. The number of esters is 2. The van der Waals surface area contributed by atoms with Crippen molar-refractivity contribution < 1.29 is 43.9 Å². The van der Waals surface area contributed by atoms with Gasteiger partial charge in [-0.2, -0.15) is 0 Å². The first kappa shape index (κ1) is 21.5. The molecule has 0 aromatic carbocycles. The van der Waals surface area contributed by atoms with Crippen LogP contribution in [0.2, 0.25) is 0 Å². The molecule has 0 aromatic rings. The van der Waals surface area contributed by atoms with Crippen LogP contribution in [-0.2, 0) is 28.6 Å². The minimum absolute atomic E-state index is 0.0742. The van der Waals surface area contributed by atoms with Gasteiger partial charge in [0.2, 0.25) is 5.91 Å². The largest absolute Gasteiger partial charge is 0.452 e. The lowest BCUT2D eigenvalue weighted by Gasteiger charge is -2.51. The third kappa shape index (κ3) is 4.75. The first-order valence-corrected chi connectivity index (χ1v) is 9.09. The summed E-state index contributed by atoms with van der Waals surface area (Å²) >= 11 is 0. The number of aliphatic hydroxyl groups is 3. The maximum absolute atomic E-state index is 12.5. The summed E-state index contributed by atoms with van der Waals surface area (Å²) in [6.45, 7) is 2.47. The number of carbonyl (C=O) groups excluding carboxylic acids is 3. The Kier molecular flexibility index (Phi) is 7.15. The fraction of sp³-hybridized carbons (Fsp3) is 0.824. The maximum Gasteiger partial charge on any atom is 0.380 e. The van der Waals surface area contributed by atoms with Gasteiger partial charge >= 0.3 is 17.7 Å². The number of hydrogen-bond acceptors (Lipinski definition) is 9. The first-order chi connectivity index (χ1) is 12.7. The summed E-state index contributed by atoms with van der Waals surface area (Å²) in [5.74, 6) is -4.36. The average molecular weight is 389 g/mol. The van der Waals surface area contributed by atoms with Crippen molar-refractivity contribution >= 4 is 17.8 Å². The van der Waals surface area contributed by atoms with Crippen LogP contribution in [0.3, 0.4) is 0 Å². The molecule has 0 radical (unpaired) electrons. The van der Waals surface area contributed by atoms with E-state index in [2.05, 4.69) is 5.32 Å². The summed E-state index contributed by atoms with van der Waals surface area (Å²) in [5, 5.41) is 32.1. The van der Waals surface area contributed by atoms with E-state index in [0.717, 1.165) is 12.8 Å². The summed E-state index contributed by atoms with van der Waals surface area (Å²) in [6, 6.07) is -1.02. The normalized spacial score (nSPS) is 33.7. The lowest BCUT2D eigenvalue weighted by Crippen LogP contribution is -2.72. The number of amides is 1. The predicted molar refractivity (Wildman–Crippen MR) is 89.0 cm³/mol. The molecule has 10 heteroatoms. The van der Waals surface area contributed by atoms with E-state index in [4.69, 9.17) is 14.2 Å². The van der Waals surface area contributed by atoms with Crippen LogP contribution >= 0.6 is 0 Å². The Morgan fingerprint density at radius 1 is 1.41 bits per heavy atom. The topological polar surface area (TPSA) is 152 Å². The van der Waals surface area contributed by atoms with Gasteiger partial charge < -0.3 is 34.8 Å². The highest BCUT2D eigenvalue weighted by atomic mass is 16.8. The number of carbonyl (C=O) groups is 3. The number of nitrogens with one attached hydrogen (secondary N) is 1. The van der Waals surface area contributed by atoms with Crippen LogP contribution < -0.4 is 5.32 Å². The molecule has 0 aromatic heterocycles. The highest BCUT2D eigenvalue weighted by Gasteiger charge is 2.63. The Labute approximate surface area is 156 Å². The Bertz CT molecular complexity index is 567. The molecule has 0 spiro atoms. The Morgan fingerprint density at radius 2 is 2.11 bits per heavy atom. The second-order valence-corrected chi connectivity index (χ2v) is 6.88. The van der Waals surface area contributed by atoms with Crippen LogP contribution in [0, 0.1) is 0 Å². The number of ether oxygens (including phenoxy) is 3. The smallest absolute Gasteiger partial charge is 0.380 e. The summed E-state index contributed by atoms with van der Waals surface area (Å²) < 4.78 is 16.1. The van der Waals surface area contributed by atoms with Gasteiger partial charge in [-0.15, -0.1) is 0 Å². The molecular weight excluding hydrogens is 362 g/mol. The van der Waals surface area contributed by atoms with E-state index in [1.807, 2.05) is 6.92 Å². The van der Waals surface area contributed by atoms with Gasteiger partial charge in [-0.05, 0) is 6.42 Å². The van der Waals surface area contributed by atoms with E-state index in [1.165, 1.54) is 6.92 Å². The van der Waals surface area contributed by atoms with E-state index in [-0.39, 0.29) is 6.42 Å². The summed E-state index contributed by atoms with van der Waals surface area (Å²) in [5.41, 5.74) is 0. The zero-order chi connectivity index (χ0) is 20.2. The van der Waals surface area contributed by atoms with Crippen LogP contribution in [-0.4, -0.2) is 76.0 Å². The molecule has 2 fully saturated rings. The number of rotatable bonds is 8. The van der Waals surface area contributed by atoms with Crippen LogP contribution in [0.25, 0.3) is 0 Å².